The molecule has 1 aliphatic heterocycles. The summed E-state index contributed by atoms with van der Waals surface area (Å²) in [6, 6.07) is -0.174. The molecule has 1 N–H and O–H groups in total. The molecule has 58 valence electrons. The second kappa shape index (κ2) is 2.46. The molecule has 0 spiro atoms. The number of rotatable bonds is 1. The molecule has 2 atom stereocenters. The molecule has 0 aliphatic carbocycles. The number of likely N-dealkylation sites (N-methyl/N-ethyl adjacent to an activating group) is 1. The molecule has 0 saturated carbocycles. The lowest BCUT2D eigenvalue weighted by Gasteiger charge is -2.15. The topological polar surface area (TPSA) is 49.8 Å². The van der Waals surface area contributed by atoms with Crippen LogP contribution in [0.1, 0.15) is 6.92 Å². The van der Waals surface area contributed by atoms with Gasteiger partial charge in [0.1, 0.15) is 6.10 Å². The van der Waals surface area contributed by atoms with Crippen molar-refractivity contribution in [3.8, 4) is 0 Å². The van der Waals surface area contributed by atoms with Crippen molar-refractivity contribution < 1.29 is 14.6 Å². The number of nitrogens with zero attached hydrogens (tertiary/aromatic N) is 1. The molecule has 1 heterocycles. The number of hydrogen-bond donors (Lipinski definition) is 1. The zero-order valence-corrected chi connectivity index (χ0v) is 6.07. The van der Waals surface area contributed by atoms with Crippen LogP contribution < -0.4 is 0 Å². The molecule has 1 saturated heterocycles. The van der Waals surface area contributed by atoms with Crippen molar-refractivity contribution in [1.29, 1.82) is 0 Å². The number of cyclic esters (lactones) is 1. The molecule has 0 unspecified atom stereocenters. The highest BCUT2D eigenvalue weighted by Gasteiger charge is 2.35. The second-order valence-corrected chi connectivity index (χ2v) is 2.45. The van der Waals surface area contributed by atoms with Gasteiger partial charge in [-0.1, -0.05) is 0 Å². The van der Waals surface area contributed by atoms with Gasteiger partial charge in [0.05, 0.1) is 12.6 Å². The highest BCUT2D eigenvalue weighted by Crippen LogP contribution is 2.15. The number of aliphatic hydroxyl groups is 1. The molecule has 0 bridgehead atoms. The van der Waals surface area contributed by atoms with Crippen molar-refractivity contribution in [2.45, 2.75) is 19.1 Å². The Balaban J connectivity index is 2.64. The first-order valence-corrected chi connectivity index (χ1v) is 3.21. The number of carbonyl (C=O) groups excluding carboxylic acids is 1. The number of carbonyl (C=O) groups is 1. The maximum atomic E-state index is 10.7. The average molecular weight is 145 g/mol. The van der Waals surface area contributed by atoms with E-state index in [1.165, 1.54) is 4.90 Å². The Morgan fingerprint density at radius 1 is 1.80 bits per heavy atom. The minimum absolute atomic E-state index is 0.0383. The molecule has 1 rings (SSSR count). The first-order valence-electron chi connectivity index (χ1n) is 3.21. The molecule has 0 aromatic rings. The summed E-state index contributed by atoms with van der Waals surface area (Å²) in [7, 11) is 1.62. The van der Waals surface area contributed by atoms with Crippen molar-refractivity contribution in [3.05, 3.63) is 0 Å². The molecule has 0 radical (unpaired) electrons. The predicted octanol–water partition coefficient (Wildman–Crippen LogP) is -0.182. The number of hydrogen-bond acceptors (Lipinski definition) is 3. The van der Waals surface area contributed by atoms with Crippen LogP contribution in [0.15, 0.2) is 0 Å². The van der Waals surface area contributed by atoms with E-state index < -0.39 is 0 Å². The molecule has 10 heavy (non-hydrogen) atoms. The van der Waals surface area contributed by atoms with Crippen LogP contribution >= 0.6 is 0 Å². The number of amides is 1. The lowest BCUT2D eigenvalue weighted by Crippen LogP contribution is -2.35. The smallest absolute Gasteiger partial charge is 0.410 e. The third-order valence-corrected chi connectivity index (χ3v) is 1.80. The van der Waals surface area contributed by atoms with E-state index in [-0.39, 0.29) is 24.8 Å². The third-order valence-electron chi connectivity index (χ3n) is 1.80. The van der Waals surface area contributed by atoms with Gasteiger partial charge >= 0.3 is 6.09 Å². The second-order valence-electron chi connectivity index (χ2n) is 2.45. The molecule has 4 heteroatoms. The van der Waals surface area contributed by atoms with E-state index >= 15 is 0 Å². The highest BCUT2D eigenvalue weighted by molar-refractivity contribution is 5.70. The summed E-state index contributed by atoms with van der Waals surface area (Å²) >= 11 is 0. The predicted molar refractivity (Wildman–Crippen MR) is 34.6 cm³/mol. The van der Waals surface area contributed by atoms with Crippen LogP contribution in [-0.2, 0) is 4.74 Å². The van der Waals surface area contributed by atoms with Gasteiger partial charge < -0.3 is 14.7 Å². The van der Waals surface area contributed by atoms with Gasteiger partial charge in [0.15, 0.2) is 0 Å². The average Bonchev–Trinajstić information content (AvgIpc) is 2.09. The van der Waals surface area contributed by atoms with Gasteiger partial charge in [0.2, 0.25) is 0 Å². The Kier molecular flexibility index (Phi) is 1.80. The van der Waals surface area contributed by atoms with E-state index in [0.717, 1.165) is 0 Å². The van der Waals surface area contributed by atoms with Crippen molar-refractivity contribution in [3.63, 3.8) is 0 Å². The molecule has 0 aromatic carbocycles. The maximum Gasteiger partial charge on any atom is 0.410 e. The monoisotopic (exact) mass is 145 g/mol. The Bertz CT molecular complexity index is 148. The van der Waals surface area contributed by atoms with Gasteiger partial charge in [-0.15, -0.1) is 0 Å². The van der Waals surface area contributed by atoms with E-state index in [1.807, 2.05) is 0 Å². The standard InChI is InChI=1S/C6H11NO3/c1-4-5(3-8)7(2)6(9)10-4/h4-5,8H,3H2,1-2H3/t4-,5+/m1/s1. The lowest BCUT2D eigenvalue weighted by atomic mass is 10.2. The molecule has 4 nitrogen and oxygen atoms in total. The van der Waals surface area contributed by atoms with E-state index in [0.29, 0.717) is 0 Å². The molecule has 1 aliphatic rings. The van der Waals surface area contributed by atoms with Gasteiger partial charge in [0, 0.05) is 7.05 Å². The van der Waals surface area contributed by atoms with Crippen molar-refractivity contribution in [2.75, 3.05) is 13.7 Å². The Labute approximate surface area is 59.4 Å². The molecular formula is C6H11NO3. The van der Waals surface area contributed by atoms with Crippen LogP contribution in [0.4, 0.5) is 4.79 Å². The third kappa shape index (κ3) is 0.945. The summed E-state index contributed by atoms with van der Waals surface area (Å²) in [5.74, 6) is 0. The van der Waals surface area contributed by atoms with E-state index in [2.05, 4.69) is 0 Å². The fourth-order valence-corrected chi connectivity index (χ4v) is 1.04. The summed E-state index contributed by atoms with van der Waals surface area (Å²) in [4.78, 5) is 12.2. The van der Waals surface area contributed by atoms with E-state index in [4.69, 9.17) is 9.84 Å². The zero-order chi connectivity index (χ0) is 7.72. The van der Waals surface area contributed by atoms with Gasteiger partial charge in [-0.2, -0.15) is 0 Å². The largest absolute Gasteiger partial charge is 0.444 e. The van der Waals surface area contributed by atoms with E-state index in [9.17, 15) is 4.79 Å². The van der Waals surface area contributed by atoms with Crippen LogP contribution in [0.2, 0.25) is 0 Å². The minimum Gasteiger partial charge on any atom is -0.444 e. The van der Waals surface area contributed by atoms with Crippen LogP contribution in [0.25, 0.3) is 0 Å². The SMILES string of the molecule is C[C@H]1OC(=O)N(C)[C@H]1CO. The molecule has 0 aromatic heterocycles. The van der Waals surface area contributed by atoms with Gasteiger partial charge in [0.25, 0.3) is 0 Å². The van der Waals surface area contributed by atoms with Gasteiger partial charge in [-0.05, 0) is 6.92 Å². The van der Waals surface area contributed by atoms with Crippen molar-refractivity contribution in [1.82, 2.24) is 4.90 Å². The number of aliphatic hydroxyl groups excluding tert-OH is 1. The fourth-order valence-electron chi connectivity index (χ4n) is 1.04. The first kappa shape index (κ1) is 7.34. The fraction of sp³-hybridized carbons (Fsp3) is 0.833. The molecule has 1 fully saturated rings. The van der Waals surface area contributed by atoms with Gasteiger partial charge in [-0.25, -0.2) is 4.79 Å². The van der Waals surface area contributed by atoms with Crippen LogP contribution in [0.5, 0.6) is 0 Å². The number of ether oxygens (including phenoxy) is 1. The highest BCUT2D eigenvalue weighted by atomic mass is 16.6. The summed E-state index contributed by atoms with van der Waals surface area (Å²) in [6.45, 7) is 1.73. The van der Waals surface area contributed by atoms with Crippen LogP contribution in [-0.4, -0.2) is 41.9 Å². The normalized spacial score (nSPS) is 32.7. The summed E-state index contributed by atoms with van der Waals surface area (Å²) < 4.78 is 4.80. The Morgan fingerprint density at radius 3 is 2.60 bits per heavy atom. The zero-order valence-electron chi connectivity index (χ0n) is 6.07. The van der Waals surface area contributed by atoms with Crippen molar-refractivity contribution in [2.24, 2.45) is 0 Å². The minimum atomic E-state index is -0.355. The Hall–Kier alpha value is -0.770. The molecule has 1 amide bonds. The van der Waals surface area contributed by atoms with Crippen LogP contribution in [0.3, 0.4) is 0 Å². The summed E-state index contributed by atoms with van der Waals surface area (Å²) in [5, 5.41) is 8.75. The first-order chi connectivity index (χ1) is 4.66. The van der Waals surface area contributed by atoms with Crippen LogP contribution in [0, 0.1) is 0 Å². The maximum absolute atomic E-state index is 10.7. The van der Waals surface area contributed by atoms with E-state index in [1.54, 1.807) is 14.0 Å². The van der Waals surface area contributed by atoms with Gasteiger partial charge in [-0.3, -0.25) is 0 Å². The summed E-state index contributed by atoms with van der Waals surface area (Å²) in [6.07, 6.45) is -0.547. The van der Waals surface area contributed by atoms with Crippen molar-refractivity contribution >= 4 is 6.09 Å². The molecular weight excluding hydrogens is 134 g/mol. The Morgan fingerprint density at radius 2 is 2.40 bits per heavy atom. The quantitative estimate of drug-likeness (QED) is 0.556. The lowest BCUT2D eigenvalue weighted by molar-refractivity contribution is 0.129. The summed E-state index contributed by atoms with van der Waals surface area (Å²) in [5.41, 5.74) is 0.